The predicted molar refractivity (Wildman–Crippen MR) is 138 cm³/mol. The summed E-state index contributed by atoms with van der Waals surface area (Å²) in [5, 5.41) is 2.89. The second-order valence-corrected chi connectivity index (χ2v) is 10.4. The number of benzene rings is 3. The summed E-state index contributed by atoms with van der Waals surface area (Å²) in [4.78, 5) is 38.0. The SMILES string of the molecule is Cc1ccc(C)c(NC(=O)[C@@H](NS(=O)(=O)c2ccc3c(c2)c(=O)n(C)c(=O)n3C)c2ccccc2)c1. The van der Waals surface area contributed by atoms with E-state index >= 15 is 0 Å². The van der Waals surface area contributed by atoms with Crippen LogP contribution in [0.2, 0.25) is 0 Å². The summed E-state index contributed by atoms with van der Waals surface area (Å²) in [5.74, 6) is -0.558. The van der Waals surface area contributed by atoms with E-state index in [-0.39, 0.29) is 10.3 Å². The van der Waals surface area contributed by atoms with Gasteiger partial charge in [0, 0.05) is 19.8 Å². The molecule has 2 N–H and O–H groups in total. The van der Waals surface area contributed by atoms with Gasteiger partial charge in [-0.2, -0.15) is 4.72 Å². The van der Waals surface area contributed by atoms with E-state index < -0.39 is 33.2 Å². The molecule has 10 heteroatoms. The van der Waals surface area contributed by atoms with Crippen LogP contribution in [0.1, 0.15) is 22.7 Å². The Balaban J connectivity index is 1.76. The Labute approximate surface area is 208 Å². The topological polar surface area (TPSA) is 119 Å². The van der Waals surface area contributed by atoms with Crippen molar-refractivity contribution in [2.45, 2.75) is 24.8 Å². The summed E-state index contributed by atoms with van der Waals surface area (Å²) >= 11 is 0. The molecule has 1 aromatic heterocycles. The van der Waals surface area contributed by atoms with E-state index in [1.165, 1.54) is 36.9 Å². The van der Waals surface area contributed by atoms with Gasteiger partial charge in [0.05, 0.1) is 15.8 Å². The maximum Gasteiger partial charge on any atom is 0.330 e. The smallest absolute Gasteiger partial charge is 0.324 e. The van der Waals surface area contributed by atoms with Gasteiger partial charge in [-0.3, -0.25) is 18.7 Å². The minimum atomic E-state index is -4.25. The third kappa shape index (κ3) is 4.73. The number of rotatable bonds is 6. The van der Waals surface area contributed by atoms with Crippen LogP contribution >= 0.6 is 0 Å². The third-order valence-electron chi connectivity index (χ3n) is 6.07. The zero-order valence-corrected chi connectivity index (χ0v) is 21.1. The van der Waals surface area contributed by atoms with Crippen LogP contribution in [-0.2, 0) is 28.9 Å². The predicted octanol–water partition coefficient (Wildman–Crippen LogP) is 2.51. The first-order chi connectivity index (χ1) is 17.0. The number of nitrogens with one attached hydrogen (secondary N) is 2. The molecule has 0 spiro atoms. The second-order valence-electron chi connectivity index (χ2n) is 8.66. The lowest BCUT2D eigenvalue weighted by Crippen LogP contribution is -2.38. The summed E-state index contributed by atoms with van der Waals surface area (Å²) in [7, 11) is -1.43. The summed E-state index contributed by atoms with van der Waals surface area (Å²) in [5.41, 5.74) is 1.97. The van der Waals surface area contributed by atoms with Crippen LogP contribution in [0.25, 0.3) is 10.9 Å². The maximum atomic E-state index is 13.4. The van der Waals surface area contributed by atoms with Crippen LogP contribution in [0, 0.1) is 13.8 Å². The number of aromatic nitrogens is 2. The molecule has 186 valence electrons. The van der Waals surface area contributed by atoms with Gasteiger partial charge in [0.15, 0.2) is 0 Å². The third-order valence-corrected chi connectivity index (χ3v) is 7.49. The van der Waals surface area contributed by atoms with E-state index in [9.17, 15) is 22.8 Å². The summed E-state index contributed by atoms with van der Waals surface area (Å²) in [6.07, 6.45) is 0. The monoisotopic (exact) mass is 506 g/mol. The van der Waals surface area contributed by atoms with Gasteiger partial charge in [0.25, 0.3) is 5.56 Å². The molecule has 0 unspecified atom stereocenters. The minimum Gasteiger partial charge on any atom is -0.324 e. The highest BCUT2D eigenvalue weighted by Gasteiger charge is 2.28. The Morgan fingerprint density at radius 3 is 2.28 bits per heavy atom. The molecule has 9 nitrogen and oxygen atoms in total. The second kappa shape index (κ2) is 9.56. The van der Waals surface area contributed by atoms with Crippen LogP contribution in [0.5, 0.6) is 0 Å². The van der Waals surface area contributed by atoms with Gasteiger partial charge < -0.3 is 5.32 Å². The van der Waals surface area contributed by atoms with E-state index in [4.69, 9.17) is 0 Å². The molecule has 0 radical (unpaired) electrons. The number of carbonyl (C=O) groups excluding carboxylic acids is 1. The van der Waals surface area contributed by atoms with Gasteiger partial charge >= 0.3 is 5.69 Å². The molecule has 4 rings (SSSR count). The lowest BCUT2D eigenvalue weighted by Gasteiger charge is -2.20. The average molecular weight is 507 g/mol. The molecule has 36 heavy (non-hydrogen) atoms. The number of nitrogens with zero attached hydrogens (tertiary/aromatic N) is 2. The van der Waals surface area contributed by atoms with Crippen LogP contribution in [-0.4, -0.2) is 23.5 Å². The van der Waals surface area contributed by atoms with Crippen LogP contribution in [0.3, 0.4) is 0 Å². The van der Waals surface area contributed by atoms with Crippen molar-refractivity contribution < 1.29 is 13.2 Å². The Bertz CT molecular complexity index is 1710. The lowest BCUT2D eigenvalue weighted by atomic mass is 10.1. The Hall–Kier alpha value is -4.02. The van der Waals surface area contributed by atoms with E-state index in [2.05, 4.69) is 10.0 Å². The molecule has 0 aliphatic rings. The van der Waals surface area contributed by atoms with Crippen molar-refractivity contribution >= 4 is 32.5 Å². The number of aryl methyl sites for hydroxylation is 3. The van der Waals surface area contributed by atoms with Crippen molar-refractivity contribution in [2.75, 3.05) is 5.32 Å². The van der Waals surface area contributed by atoms with Crippen LogP contribution in [0.4, 0.5) is 5.69 Å². The Morgan fingerprint density at radius 2 is 1.58 bits per heavy atom. The molecule has 1 amide bonds. The summed E-state index contributed by atoms with van der Waals surface area (Å²) < 4.78 is 31.5. The molecule has 0 saturated carbocycles. The number of hydrogen-bond acceptors (Lipinski definition) is 5. The maximum absolute atomic E-state index is 13.4. The summed E-state index contributed by atoms with van der Waals surface area (Å²) in [6.45, 7) is 3.74. The first-order valence-corrected chi connectivity index (χ1v) is 12.6. The van der Waals surface area contributed by atoms with Crippen molar-refractivity contribution in [1.82, 2.24) is 13.9 Å². The fourth-order valence-electron chi connectivity index (χ4n) is 3.96. The normalized spacial score (nSPS) is 12.4. The highest BCUT2D eigenvalue weighted by atomic mass is 32.2. The number of hydrogen-bond donors (Lipinski definition) is 2. The van der Waals surface area contributed by atoms with E-state index in [1.807, 2.05) is 32.0 Å². The summed E-state index contributed by atoms with van der Waals surface area (Å²) in [6, 6.07) is 16.8. The first-order valence-electron chi connectivity index (χ1n) is 11.1. The average Bonchev–Trinajstić information content (AvgIpc) is 2.87. The van der Waals surface area contributed by atoms with Crippen LogP contribution < -0.4 is 21.3 Å². The molecule has 1 heterocycles. The van der Waals surface area contributed by atoms with E-state index in [0.717, 1.165) is 15.7 Å². The largest absolute Gasteiger partial charge is 0.330 e. The molecule has 1 atom stereocenters. The molecule has 0 fully saturated rings. The molecule has 0 saturated heterocycles. The van der Waals surface area contributed by atoms with Crippen molar-refractivity contribution in [2.24, 2.45) is 14.1 Å². The van der Waals surface area contributed by atoms with Gasteiger partial charge in [0.1, 0.15) is 6.04 Å². The minimum absolute atomic E-state index is 0.0681. The number of fused-ring (bicyclic) bond motifs is 1. The molecule has 0 aliphatic carbocycles. The van der Waals surface area contributed by atoms with Crippen LogP contribution in [0.15, 0.2) is 81.2 Å². The number of amides is 1. The fourth-order valence-corrected chi connectivity index (χ4v) is 5.17. The fraction of sp³-hybridized carbons (Fsp3) is 0.192. The zero-order valence-electron chi connectivity index (χ0n) is 20.3. The van der Waals surface area contributed by atoms with Crippen molar-refractivity contribution in [3.8, 4) is 0 Å². The molecular formula is C26H26N4O5S. The van der Waals surface area contributed by atoms with Gasteiger partial charge in [-0.05, 0) is 54.8 Å². The number of sulfonamides is 1. The lowest BCUT2D eigenvalue weighted by molar-refractivity contribution is -0.117. The molecule has 0 bridgehead atoms. The van der Waals surface area contributed by atoms with Gasteiger partial charge in [-0.15, -0.1) is 0 Å². The Kier molecular flexibility index (Phi) is 6.66. The number of carbonyl (C=O) groups is 1. The van der Waals surface area contributed by atoms with Gasteiger partial charge in [-0.25, -0.2) is 13.2 Å². The van der Waals surface area contributed by atoms with Gasteiger partial charge in [-0.1, -0.05) is 42.5 Å². The van der Waals surface area contributed by atoms with E-state index in [0.29, 0.717) is 16.8 Å². The first kappa shape index (κ1) is 25.1. The van der Waals surface area contributed by atoms with E-state index in [1.54, 1.807) is 30.3 Å². The standard InChI is InChI=1S/C26H26N4O5S/c1-16-10-11-17(2)21(14-16)27-24(31)23(18-8-6-5-7-9-18)28-36(34,35)19-12-13-22-20(15-19)25(32)30(4)26(33)29(22)3/h5-15,23,28H,1-4H3,(H,27,31)/t23-/m0/s1. The van der Waals surface area contributed by atoms with Crippen molar-refractivity contribution in [3.63, 3.8) is 0 Å². The molecule has 4 aromatic rings. The molecular weight excluding hydrogens is 480 g/mol. The highest BCUT2D eigenvalue weighted by molar-refractivity contribution is 7.89. The number of anilines is 1. The van der Waals surface area contributed by atoms with Crippen molar-refractivity contribution in [3.05, 3.63) is 104 Å². The van der Waals surface area contributed by atoms with Gasteiger partial charge in [0.2, 0.25) is 15.9 Å². The highest BCUT2D eigenvalue weighted by Crippen LogP contribution is 2.23. The van der Waals surface area contributed by atoms with Crippen molar-refractivity contribution in [1.29, 1.82) is 0 Å². The quantitative estimate of drug-likeness (QED) is 0.417. The molecule has 3 aromatic carbocycles. The zero-order chi connectivity index (χ0) is 26.2. The molecule has 0 aliphatic heterocycles. The Morgan fingerprint density at radius 1 is 0.889 bits per heavy atom.